The highest BCUT2D eigenvalue weighted by Gasteiger charge is 2.36. The summed E-state index contributed by atoms with van der Waals surface area (Å²) in [5.41, 5.74) is -0.551. The Labute approximate surface area is 158 Å². The lowest BCUT2D eigenvalue weighted by Crippen LogP contribution is -2.36. The Morgan fingerprint density at radius 2 is 2.00 bits per heavy atom. The van der Waals surface area contributed by atoms with Crippen molar-refractivity contribution < 1.29 is 18.7 Å². The van der Waals surface area contributed by atoms with Crippen molar-refractivity contribution >= 4 is 23.8 Å². The third-order valence-corrected chi connectivity index (χ3v) is 4.83. The summed E-state index contributed by atoms with van der Waals surface area (Å²) < 4.78 is 11.1. The summed E-state index contributed by atoms with van der Waals surface area (Å²) in [6, 6.07) is -0.273. The molecule has 0 aliphatic carbocycles. The fourth-order valence-corrected chi connectivity index (χ4v) is 3.44. The molecule has 146 valence electrons. The van der Waals surface area contributed by atoms with Crippen LogP contribution in [0.5, 0.6) is 0 Å². The van der Waals surface area contributed by atoms with Crippen LogP contribution in [0.4, 0.5) is 4.79 Å². The van der Waals surface area contributed by atoms with Crippen LogP contribution < -0.4 is 0 Å². The number of hydrogen-bond donors (Lipinski definition) is 0. The van der Waals surface area contributed by atoms with Crippen molar-refractivity contribution in [3.05, 3.63) is 5.89 Å². The van der Waals surface area contributed by atoms with Crippen molar-refractivity contribution in [3.63, 3.8) is 0 Å². The van der Waals surface area contributed by atoms with Gasteiger partial charge in [0.2, 0.25) is 11.8 Å². The molecule has 0 radical (unpaired) electrons. The van der Waals surface area contributed by atoms with Crippen LogP contribution in [0.25, 0.3) is 0 Å². The molecule has 2 rings (SSSR count). The van der Waals surface area contributed by atoms with Gasteiger partial charge in [-0.25, -0.2) is 4.79 Å². The number of nitrogens with zero attached hydrogens (tertiary/aromatic N) is 4. The largest absolute Gasteiger partial charge is 0.444 e. The fraction of sp³-hybridized carbons (Fsp3) is 0.765. The van der Waals surface area contributed by atoms with Crippen molar-refractivity contribution in [3.8, 4) is 0 Å². The van der Waals surface area contributed by atoms with Crippen molar-refractivity contribution in [1.29, 1.82) is 0 Å². The molecular weight excluding hydrogens is 356 g/mol. The van der Waals surface area contributed by atoms with E-state index in [1.807, 2.05) is 34.6 Å². The number of hydrogen-bond acceptors (Lipinski definition) is 7. The van der Waals surface area contributed by atoms with Crippen molar-refractivity contribution in [1.82, 2.24) is 20.0 Å². The average Bonchev–Trinajstić information content (AvgIpc) is 3.21. The second-order valence-corrected chi connectivity index (χ2v) is 8.02. The van der Waals surface area contributed by atoms with Crippen LogP contribution in [0.15, 0.2) is 9.64 Å². The number of ether oxygens (including phenoxy) is 1. The van der Waals surface area contributed by atoms with Gasteiger partial charge in [-0.1, -0.05) is 11.8 Å². The number of carbonyl (C=O) groups is 2. The molecule has 1 aromatic rings. The van der Waals surface area contributed by atoms with Gasteiger partial charge in [0.15, 0.2) is 0 Å². The fourth-order valence-electron chi connectivity index (χ4n) is 2.77. The van der Waals surface area contributed by atoms with Gasteiger partial charge in [-0.2, -0.15) is 0 Å². The summed E-state index contributed by atoms with van der Waals surface area (Å²) in [5.74, 6) is 0.686. The molecule has 1 fully saturated rings. The maximum Gasteiger partial charge on any atom is 0.410 e. The minimum Gasteiger partial charge on any atom is -0.444 e. The van der Waals surface area contributed by atoms with Gasteiger partial charge >= 0.3 is 6.09 Å². The van der Waals surface area contributed by atoms with E-state index in [0.717, 1.165) is 12.8 Å². The lowest BCUT2D eigenvalue weighted by atomic mass is 10.2. The first kappa shape index (κ1) is 20.5. The van der Waals surface area contributed by atoms with E-state index in [4.69, 9.17) is 9.15 Å². The number of carbonyl (C=O) groups excluding carboxylic acids is 2. The molecule has 1 aliphatic rings. The zero-order valence-corrected chi connectivity index (χ0v) is 17.0. The predicted molar refractivity (Wildman–Crippen MR) is 97.9 cm³/mol. The Bertz CT molecular complexity index is 625. The molecule has 0 N–H and O–H groups in total. The monoisotopic (exact) mass is 384 g/mol. The van der Waals surface area contributed by atoms with Crippen molar-refractivity contribution in [2.45, 2.75) is 64.3 Å². The second kappa shape index (κ2) is 8.75. The van der Waals surface area contributed by atoms with Gasteiger partial charge in [-0.05, 0) is 47.5 Å². The van der Waals surface area contributed by atoms with E-state index in [0.29, 0.717) is 30.7 Å². The first-order valence-electron chi connectivity index (χ1n) is 8.98. The van der Waals surface area contributed by atoms with Gasteiger partial charge in [0.05, 0.1) is 5.75 Å². The van der Waals surface area contributed by atoms with Gasteiger partial charge in [0.25, 0.3) is 5.22 Å². The Balaban J connectivity index is 1.97. The van der Waals surface area contributed by atoms with Crippen LogP contribution in [-0.2, 0) is 9.53 Å². The predicted octanol–water partition coefficient (Wildman–Crippen LogP) is 3.10. The molecule has 1 atom stereocenters. The maximum absolute atomic E-state index is 12.4. The minimum absolute atomic E-state index is 0.0380. The van der Waals surface area contributed by atoms with Crippen LogP contribution >= 0.6 is 11.8 Å². The Kier molecular flexibility index (Phi) is 6.91. The summed E-state index contributed by atoms with van der Waals surface area (Å²) in [7, 11) is 0. The summed E-state index contributed by atoms with van der Waals surface area (Å²) in [5, 5.41) is 8.43. The molecule has 0 bridgehead atoms. The highest BCUT2D eigenvalue weighted by Crippen LogP contribution is 2.33. The molecule has 1 saturated heterocycles. The standard InChI is InChI=1S/C17H28N4O4S/c1-6-20(7-2)13(22)11-26-15-19-18-14(24-15)12-9-8-10-21(12)16(23)25-17(3,4)5/h12H,6-11H2,1-5H3/t12-/m1/s1. The third-order valence-electron chi connectivity index (χ3n) is 4.02. The Hall–Kier alpha value is -1.77. The van der Waals surface area contributed by atoms with Crippen LogP contribution in [-0.4, -0.2) is 63.0 Å². The lowest BCUT2D eigenvalue weighted by Gasteiger charge is -2.27. The maximum atomic E-state index is 12.4. The molecular formula is C17H28N4O4S. The summed E-state index contributed by atoms with van der Waals surface area (Å²) in [6.07, 6.45) is 1.24. The number of aromatic nitrogens is 2. The van der Waals surface area contributed by atoms with Gasteiger partial charge < -0.3 is 14.1 Å². The highest BCUT2D eigenvalue weighted by molar-refractivity contribution is 7.99. The molecule has 1 aliphatic heterocycles. The second-order valence-electron chi connectivity index (χ2n) is 7.09. The van der Waals surface area contributed by atoms with Crippen LogP contribution in [0.2, 0.25) is 0 Å². The van der Waals surface area contributed by atoms with E-state index in [-0.39, 0.29) is 23.8 Å². The van der Waals surface area contributed by atoms with Gasteiger partial charge in [-0.15, -0.1) is 10.2 Å². The molecule has 8 nitrogen and oxygen atoms in total. The summed E-state index contributed by atoms with van der Waals surface area (Å²) in [4.78, 5) is 27.8. The van der Waals surface area contributed by atoms with Crippen LogP contribution in [0.3, 0.4) is 0 Å². The SMILES string of the molecule is CCN(CC)C(=O)CSc1nnc([C@H]2CCCN2C(=O)OC(C)(C)C)o1. The molecule has 1 aromatic heterocycles. The number of amides is 2. The first-order valence-corrected chi connectivity index (χ1v) is 9.97. The molecule has 0 saturated carbocycles. The normalized spacial score (nSPS) is 17.4. The molecule has 2 heterocycles. The molecule has 0 spiro atoms. The quantitative estimate of drug-likeness (QED) is 0.696. The summed E-state index contributed by atoms with van der Waals surface area (Å²) >= 11 is 1.22. The van der Waals surface area contributed by atoms with Crippen molar-refractivity contribution in [2.24, 2.45) is 0 Å². The van der Waals surface area contributed by atoms with E-state index in [2.05, 4.69) is 10.2 Å². The zero-order chi connectivity index (χ0) is 19.3. The van der Waals surface area contributed by atoms with E-state index < -0.39 is 5.60 Å². The Morgan fingerprint density at radius 1 is 1.31 bits per heavy atom. The van der Waals surface area contributed by atoms with Gasteiger partial charge in [0.1, 0.15) is 11.6 Å². The van der Waals surface area contributed by atoms with Crippen LogP contribution in [0, 0.1) is 0 Å². The molecule has 2 amide bonds. The molecule has 0 unspecified atom stereocenters. The average molecular weight is 385 g/mol. The highest BCUT2D eigenvalue weighted by atomic mass is 32.2. The molecule has 0 aromatic carbocycles. The van der Waals surface area contributed by atoms with Crippen molar-refractivity contribution in [2.75, 3.05) is 25.4 Å². The van der Waals surface area contributed by atoms with Gasteiger partial charge in [-0.3, -0.25) is 9.69 Å². The Morgan fingerprint density at radius 3 is 2.62 bits per heavy atom. The number of thioether (sulfide) groups is 1. The van der Waals surface area contributed by atoms with E-state index >= 15 is 0 Å². The van der Waals surface area contributed by atoms with E-state index in [1.165, 1.54) is 11.8 Å². The van der Waals surface area contributed by atoms with E-state index in [9.17, 15) is 9.59 Å². The topological polar surface area (TPSA) is 88.8 Å². The summed E-state index contributed by atoms with van der Waals surface area (Å²) in [6.45, 7) is 11.4. The van der Waals surface area contributed by atoms with Crippen LogP contribution in [0.1, 0.15) is 59.4 Å². The number of likely N-dealkylation sites (tertiary alicyclic amines) is 1. The van der Waals surface area contributed by atoms with Gasteiger partial charge in [0, 0.05) is 19.6 Å². The zero-order valence-electron chi connectivity index (χ0n) is 16.2. The number of rotatable bonds is 6. The molecule has 26 heavy (non-hydrogen) atoms. The smallest absolute Gasteiger partial charge is 0.410 e. The first-order chi connectivity index (χ1) is 12.2. The molecule has 9 heteroatoms. The minimum atomic E-state index is -0.551. The lowest BCUT2D eigenvalue weighted by molar-refractivity contribution is -0.127. The third kappa shape index (κ3) is 5.36. The van der Waals surface area contributed by atoms with E-state index in [1.54, 1.807) is 9.80 Å².